The van der Waals surface area contributed by atoms with Gasteiger partial charge in [0.2, 0.25) is 11.7 Å². The maximum atomic E-state index is 12.6. The number of hydrogen-bond donors (Lipinski definition) is 1. The molecule has 1 atom stereocenters. The van der Waals surface area contributed by atoms with Crippen molar-refractivity contribution >= 4 is 17.7 Å². The van der Waals surface area contributed by atoms with E-state index in [-0.39, 0.29) is 17.7 Å². The predicted octanol–water partition coefficient (Wildman–Crippen LogP) is 5.11. The number of hydrogen-bond acceptors (Lipinski definition) is 5. The van der Waals surface area contributed by atoms with Crippen LogP contribution in [0.5, 0.6) is 0 Å². The summed E-state index contributed by atoms with van der Waals surface area (Å²) < 4.78 is 7.43. The highest BCUT2D eigenvalue weighted by Crippen LogP contribution is 2.28. The molecule has 4 aromatic rings. The molecule has 0 aliphatic carbocycles. The Hall–Kier alpha value is -3.32. The highest BCUT2D eigenvalue weighted by Gasteiger charge is 2.19. The average Bonchev–Trinajstić information content (AvgIpc) is 3.44. The van der Waals surface area contributed by atoms with Gasteiger partial charge in [0.05, 0.1) is 18.1 Å². The first-order chi connectivity index (χ1) is 15.0. The summed E-state index contributed by atoms with van der Waals surface area (Å²) in [6.45, 7) is 6.16. The summed E-state index contributed by atoms with van der Waals surface area (Å²) >= 11 is 1.35. The smallest absolute Gasteiger partial charge is 0.230 e. The normalized spacial score (nSPS) is 12.0. The van der Waals surface area contributed by atoms with E-state index in [4.69, 9.17) is 4.42 Å². The largest absolute Gasteiger partial charge is 0.461 e. The number of thioether (sulfide) groups is 1. The number of furan rings is 1. The van der Waals surface area contributed by atoms with E-state index in [0.29, 0.717) is 16.7 Å². The Kier molecular flexibility index (Phi) is 6.23. The van der Waals surface area contributed by atoms with E-state index >= 15 is 0 Å². The van der Waals surface area contributed by atoms with Gasteiger partial charge in [-0.3, -0.25) is 9.36 Å². The Morgan fingerprint density at radius 2 is 1.87 bits per heavy atom. The lowest BCUT2D eigenvalue weighted by molar-refractivity contribution is -0.119. The molecule has 7 heteroatoms. The van der Waals surface area contributed by atoms with Crippen LogP contribution < -0.4 is 5.32 Å². The average molecular weight is 433 g/mol. The molecule has 0 aliphatic rings. The molecule has 158 valence electrons. The Morgan fingerprint density at radius 1 is 1.06 bits per heavy atom. The van der Waals surface area contributed by atoms with Gasteiger partial charge in [-0.15, -0.1) is 10.2 Å². The molecule has 0 bridgehead atoms. The minimum Gasteiger partial charge on any atom is -0.461 e. The highest BCUT2D eigenvalue weighted by molar-refractivity contribution is 7.99. The van der Waals surface area contributed by atoms with E-state index in [2.05, 4.69) is 47.6 Å². The summed E-state index contributed by atoms with van der Waals surface area (Å²) in [7, 11) is 0. The number of carbonyl (C=O) groups is 1. The molecule has 1 unspecified atom stereocenters. The molecule has 31 heavy (non-hydrogen) atoms. The summed E-state index contributed by atoms with van der Waals surface area (Å²) in [6, 6.07) is 19.7. The van der Waals surface area contributed by atoms with Crippen LogP contribution in [0.2, 0.25) is 0 Å². The van der Waals surface area contributed by atoms with Gasteiger partial charge in [-0.1, -0.05) is 48.2 Å². The van der Waals surface area contributed by atoms with Crippen molar-refractivity contribution in [2.24, 2.45) is 0 Å². The third-order valence-electron chi connectivity index (χ3n) is 5.13. The van der Waals surface area contributed by atoms with Gasteiger partial charge in [-0.25, -0.2) is 0 Å². The van der Waals surface area contributed by atoms with Crippen molar-refractivity contribution in [3.8, 4) is 17.3 Å². The van der Waals surface area contributed by atoms with Crippen LogP contribution >= 0.6 is 11.8 Å². The molecule has 0 fully saturated rings. The number of aromatic nitrogens is 3. The van der Waals surface area contributed by atoms with Gasteiger partial charge in [0, 0.05) is 5.69 Å². The van der Waals surface area contributed by atoms with E-state index < -0.39 is 0 Å². The number of rotatable bonds is 7. The van der Waals surface area contributed by atoms with E-state index in [0.717, 1.165) is 11.3 Å². The quantitative estimate of drug-likeness (QED) is 0.411. The minimum atomic E-state index is -0.0712. The monoisotopic (exact) mass is 432 g/mol. The second kappa shape index (κ2) is 9.22. The summed E-state index contributed by atoms with van der Waals surface area (Å²) in [4.78, 5) is 12.6. The Balaban J connectivity index is 1.49. The first kappa shape index (κ1) is 20.9. The molecule has 0 spiro atoms. The lowest BCUT2D eigenvalue weighted by atomic mass is 10.0. The fourth-order valence-corrected chi connectivity index (χ4v) is 4.03. The number of nitrogens with one attached hydrogen (secondary N) is 1. The maximum Gasteiger partial charge on any atom is 0.230 e. The molecule has 2 heterocycles. The molecule has 1 N–H and O–H groups in total. The maximum absolute atomic E-state index is 12.6. The second-order valence-corrected chi connectivity index (χ2v) is 8.32. The van der Waals surface area contributed by atoms with Gasteiger partial charge in [-0.2, -0.15) is 0 Å². The van der Waals surface area contributed by atoms with E-state index in [1.807, 2.05) is 54.0 Å². The van der Waals surface area contributed by atoms with Gasteiger partial charge < -0.3 is 9.73 Å². The zero-order valence-electron chi connectivity index (χ0n) is 17.7. The third-order valence-corrected chi connectivity index (χ3v) is 6.06. The summed E-state index contributed by atoms with van der Waals surface area (Å²) in [5.74, 6) is 1.40. The molecule has 2 aromatic heterocycles. The van der Waals surface area contributed by atoms with Crippen molar-refractivity contribution in [1.29, 1.82) is 0 Å². The van der Waals surface area contributed by atoms with E-state index in [1.54, 1.807) is 6.26 Å². The van der Waals surface area contributed by atoms with Crippen LogP contribution in [0.3, 0.4) is 0 Å². The SMILES string of the molecule is Cc1ccc(C(C)NC(=O)CSc2nnc(-c3ccco3)n2-c2ccccc2)cc1C. The Labute approximate surface area is 185 Å². The summed E-state index contributed by atoms with van der Waals surface area (Å²) in [5, 5.41) is 12.3. The van der Waals surface area contributed by atoms with Crippen LogP contribution in [0.4, 0.5) is 0 Å². The van der Waals surface area contributed by atoms with Crippen LogP contribution in [0, 0.1) is 13.8 Å². The number of benzene rings is 2. The van der Waals surface area contributed by atoms with Crippen molar-refractivity contribution in [3.05, 3.63) is 83.6 Å². The van der Waals surface area contributed by atoms with Crippen LogP contribution in [0.1, 0.15) is 29.7 Å². The summed E-state index contributed by atoms with van der Waals surface area (Å²) in [5.41, 5.74) is 4.46. The number of nitrogens with zero attached hydrogens (tertiary/aromatic N) is 3. The zero-order chi connectivity index (χ0) is 21.8. The minimum absolute atomic E-state index is 0.0575. The van der Waals surface area contributed by atoms with Crippen LogP contribution in [-0.4, -0.2) is 26.4 Å². The summed E-state index contributed by atoms with van der Waals surface area (Å²) in [6.07, 6.45) is 1.60. The second-order valence-electron chi connectivity index (χ2n) is 7.38. The lowest BCUT2D eigenvalue weighted by Crippen LogP contribution is -2.28. The lowest BCUT2D eigenvalue weighted by Gasteiger charge is -2.16. The van der Waals surface area contributed by atoms with Crippen LogP contribution in [0.25, 0.3) is 17.3 Å². The number of aryl methyl sites for hydroxylation is 2. The highest BCUT2D eigenvalue weighted by atomic mass is 32.2. The van der Waals surface area contributed by atoms with Crippen molar-refractivity contribution in [2.75, 3.05) is 5.75 Å². The Bertz CT molecular complexity index is 1170. The van der Waals surface area contributed by atoms with E-state index in [1.165, 1.54) is 22.9 Å². The molecule has 0 saturated heterocycles. The number of amides is 1. The van der Waals surface area contributed by atoms with Crippen molar-refractivity contribution in [3.63, 3.8) is 0 Å². The van der Waals surface area contributed by atoms with Crippen molar-refractivity contribution in [2.45, 2.75) is 32.0 Å². The van der Waals surface area contributed by atoms with E-state index in [9.17, 15) is 4.79 Å². The standard InChI is InChI=1S/C24H24N4O2S/c1-16-11-12-19(14-17(16)2)18(3)25-22(29)15-31-24-27-26-23(21-10-7-13-30-21)28(24)20-8-5-4-6-9-20/h4-14,18H,15H2,1-3H3,(H,25,29). The van der Waals surface area contributed by atoms with Gasteiger partial charge in [0.1, 0.15) is 0 Å². The number of carbonyl (C=O) groups excluding carboxylic acids is 1. The molecule has 6 nitrogen and oxygen atoms in total. The fourth-order valence-electron chi connectivity index (χ4n) is 3.27. The number of para-hydroxylation sites is 1. The first-order valence-electron chi connectivity index (χ1n) is 10.1. The molecule has 1 amide bonds. The Morgan fingerprint density at radius 3 is 2.58 bits per heavy atom. The first-order valence-corrected chi connectivity index (χ1v) is 11.1. The third kappa shape index (κ3) is 4.72. The van der Waals surface area contributed by atoms with Crippen molar-refractivity contribution in [1.82, 2.24) is 20.1 Å². The molecule has 2 aromatic carbocycles. The van der Waals surface area contributed by atoms with Crippen molar-refractivity contribution < 1.29 is 9.21 Å². The molecule has 4 rings (SSSR count). The van der Waals surface area contributed by atoms with Gasteiger partial charge >= 0.3 is 0 Å². The van der Waals surface area contributed by atoms with Crippen LogP contribution in [0.15, 0.2) is 76.5 Å². The fraction of sp³-hybridized carbons (Fsp3) is 0.208. The topological polar surface area (TPSA) is 73.0 Å². The molecular weight excluding hydrogens is 408 g/mol. The zero-order valence-corrected chi connectivity index (χ0v) is 18.5. The molecule has 0 radical (unpaired) electrons. The molecular formula is C24H24N4O2S. The van der Waals surface area contributed by atoms with Gasteiger partial charge in [0.15, 0.2) is 10.9 Å². The molecule has 0 aliphatic heterocycles. The van der Waals surface area contributed by atoms with Crippen LogP contribution in [-0.2, 0) is 4.79 Å². The predicted molar refractivity (Wildman–Crippen MR) is 122 cm³/mol. The molecule has 0 saturated carbocycles. The van der Waals surface area contributed by atoms with Gasteiger partial charge in [0.25, 0.3) is 0 Å². The van der Waals surface area contributed by atoms with Gasteiger partial charge in [-0.05, 0) is 61.7 Å².